The van der Waals surface area contributed by atoms with Crippen molar-refractivity contribution in [1.29, 1.82) is 0 Å². The number of nitrogens with zero attached hydrogens (tertiary/aromatic N) is 3. The lowest BCUT2D eigenvalue weighted by atomic mass is 10.1. The molecule has 0 aliphatic heterocycles. The van der Waals surface area contributed by atoms with E-state index in [0.717, 1.165) is 6.42 Å². The van der Waals surface area contributed by atoms with Crippen molar-refractivity contribution in [3.05, 3.63) is 20.8 Å². The number of aliphatic hydroxyl groups is 1. The number of hydrogen-bond donors (Lipinski definition) is 3. The van der Waals surface area contributed by atoms with Crippen molar-refractivity contribution in [2.45, 2.75) is 52.9 Å². The quantitative estimate of drug-likeness (QED) is 0.600. The summed E-state index contributed by atoms with van der Waals surface area (Å²) in [6.45, 7) is 8.96. The van der Waals surface area contributed by atoms with Crippen LogP contribution in [0, 0.1) is 5.92 Å². The van der Waals surface area contributed by atoms with Gasteiger partial charge in [0.2, 0.25) is 5.95 Å². The third kappa shape index (κ3) is 4.73. The van der Waals surface area contributed by atoms with Crippen LogP contribution >= 0.6 is 0 Å². The first-order valence-electron chi connectivity index (χ1n) is 8.93. The van der Waals surface area contributed by atoms with Gasteiger partial charge in [-0.1, -0.05) is 13.8 Å². The fraction of sp³-hybridized carbons (Fsp3) is 0.706. The summed E-state index contributed by atoms with van der Waals surface area (Å²) in [6.07, 6.45) is 0.117. The molecule has 0 aliphatic carbocycles. The molecule has 9 nitrogen and oxygen atoms in total. The van der Waals surface area contributed by atoms with Gasteiger partial charge in [0.25, 0.3) is 5.56 Å². The average molecular weight is 367 g/mol. The number of anilines is 1. The minimum absolute atomic E-state index is 0.00274. The maximum atomic E-state index is 12.3. The van der Waals surface area contributed by atoms with Crippen LogP contribution in [-0.2, 0) is 18.3 Å². The predicted octanol–water partition coefficient (Wildman–Crippen LogP) is 0.667. The van der Waals surface area contributed by atoms with Crippen LogP contribution < -0.4 is 16.6 Å². The number of aromatic nitrogens is 4. The number of H-pyrrole nitrogens is 1. The summed E-state index contributed by atoms with van der Waals surface area (Å²) < 4.78 is 8.35. The van der Waals surface area contributed by atoms with Crippen molar-refractivity contribution >= 4 is 17.1 Å². The summed E-state index contributed by atoms with van der Waals surface area (Å²) in [5.74, 6) is 0.967. The fourth-order valence-electron chi connectivity index (χ4n) is 2.59. The highest BCUT2D eigenvalue weighted by Gasteiger charge is 2.19. The number of aryl methyl sites for hydroxylation is 1. The Morgan fingerprint density at radius 3 is 2.58 bits per heavy atom. The molecule has 0 amide bonds. The van der Waals surface area contributed by atoms with E-state index >= 15 is 0 Å². The van der Waals surface area contributed by atoms with E-state index in [1.807, 2.05) is 13.8 Å². The first-order valence-corrected chi connectivity index (χ1v) is 8.93. The van der Waals surface area contributed by atoms with Gasteiger partial charge in [-0.2, -0.15) is 4.98 Å². The van der Waals surface area contributed by atoms with Crippen LogP contribution in [0.15, 0.2) is 9.59 Å². The van der Waals surface area contributed by atoms with Gasteiger partial charge in [-0.05, 0) is 26.2 Å². The van der Waals surface area contributed by atoms with E-state index in [1.54, 1.807) is 11.6 Å². The van der Waals surface area contributed by atoms with Gasteiger partial charge < -0.3 is 19.7 Å². The molecule has 0 bridgehead atoms. The van der Waals surface area contributed by atoms with Gasteiger partial charge in [0.15, 0.2) is 11.2 Å². The Kier molecular flexibility index (Phi) is 6.60. The number of hydrogen-bond acceptors (Lipinski definition) is 6. The Morgan fingerprint density at radius 2 is 1.96 bits per heavy atom. The highest BCUT2D eigenvalue weighted by Crippen LogP contribution is 2.16. The molecule has 0 saturated carbocycles. The van der Waals surface area contributed by atoms with Crippen molar-refractivity contribution in [1.82, 2.24) is 19.1 Å². The van der Waals surface area contributed by atoms with Crippen LogP contribution in [0.25, 0.3) is 11.2 Å². The van der Waals surface area contributed by atoms with Gasteiger partial charge in [0.05, 0.1) is 25.4 Å². The summed E-state index contributed by atoms with van der Waals surface area (Å²) >= 11 is 0. The number of fused-ring (bicyclic) bond motifs is 1. The highest BCUT2D eigenvalue weighted by atomic mass is 16.5. The molecule has 2 heterocycles. The first-order chi connectivity index (χ1) is 12.2. The van der Waals surface area contributed by atoms with E-state index in [9.17, 15) is 14.7 Å². The molecule has 1 atom stereocenters. The largest absolute Gasteiger partial charge is 0.389 e. The molecule has 0 spiro atoms. The van der Waals surface area contributed by atoms with Crippen LogP contribution in [0.3, 0.4) is 0 Å². The van der Waals surface area contributed by atoms with Gasteiger partial charge >= 0.3 is 5.69 Å². The Balaban J connectivity index is 2.40. The van der Waals surface area contributed by atoms with Crippen molar-refractivity contribution in [2.24, 2.45) is 13.0 Å². The number of aliphatic hydroxyl groups excluding tert-OH is 1. The summed E-state index contributed by atoms with van der Waals surface area (Å²) in [7, 11) is 1.55. The number of ether oxygens (including phenoxy) is 1. The molecule has 26 heavy (non-hydrogen) atoms. The Morgan fingerprint density at radius 1 is 1.27 bits per heavy atom. The smallest absolute Gasteiger partial charge is 0.329 e. The summed E-state index contributed by atoms with van der Waals surface area (Å²) in [6, 6.07) is 0. The molecule has 3 N–H and O–H groups in total. The molecular weight excluding hydrogens is 338 g/mol. The molecular formula is C17H29N5O4. The predicted molar refractivity (Wildman–Crippen MR) is 101 cm³/mol. The van der Waals surface area contributed by atoms with E-state index in [1.165, 1.54) is 4.57 Å². The lowest BCUT2D eigenvalue weighted by molar-refractivity contribution is -0.000107. The summed E-state index contributed by atoms with van der Waals surface area (Å²) in [5, 5.41) is 13.5. The molecule has 2 rings (SSSR count). The van der Waals surface area contributed by atoms with E-state index in [2.05, 4.69) is 29.1 Å². The van der Waals surface area contributed by atoms with Crippen molar-refractivity contribution in [3.63, 3.8) is 0 Å². The van der Waals surface area contributed by atoms with Crippen LogP contribution in [-0.4, -0.2) is 49.6 Å². The van der Waals surface area contributed by atoms with E-state index in [4.69, 9.17) is 4.74 Å². The number of aromatic amines is 1. The Hall–Kier alpha value is -2.13. The van der Waals surface area contributed by atoms with Gasteiger partial charge in [-0.15, -0.1) is 0 Å². The van der Waals surface area contributed by atoms with Crippen molar-refractivity contribution < 1.29 is 9.84 Å². The first kappa shape index (κ1) is 20.2. The van der Waals surface area contributed by atoms with Crippen molar-refractivity contribution in [2.75, 3.05) is 18.5 Å². The monoisotopic (exact) mass is 367 g/mol. The molecule has 0 aliphatic rings. The molecule has 2 aromatic rings. The Labute approximate surface area is 152 Å². The standard InChI is InChI=1S/C17H29N5O4/c1-10(2)6-7-18-16-19-14-13(15(24)20-17(25)21(14)5)22(16)8-12(23)9-26-11(3)4/h10-12,23H,6-9H2,1-5H3,(H,18,19)(H,20,24,25)/t12-/m0/s1. The summed E-state index contributed by atoms with van der Waals surface area (Å²) in [5.41, 5.74) is -0.514. The zero-order chi connectivity index (χ0) is 19.4. The topological polar surface area (TPSA) is 114 Å². The fourth-order valence-corrected chi connectivity index (χ4v) is 2.59. The number of imidazole rings is 1. The van der Waals surface area contributed by atoms with Crippen LogP contribution in [0.5, 0.6) is 0 Å². The van der Waals surface area contributed by atoms with Gasteiger partial charge in [0, 0.05) is 13.6 Å². The normalized spacial score (nSPS) is 13.1. The van der Waals surface area contributed by atoms with E-state index in [0.29, 0.717) is 18.4 Å². The molecule has 0 radical (unpaired) electrons. The lowest BCUT2D eigenvalue weighted by Crippen LogP contribution is -2.31. The molecule has 146 valence electrons. The van der Waals surface area contributed by atoms with Crippen LogP contribution in [0.4, 0.5) is 5.95 Å². The molecule has 9 heteroatoms. The second kappa shape index (κ2) is 8.50. The maximum absolute atomic E-state index is 12.3. The van der Waals surface area contributed by atoms with Crippen molar-refractivity contribution in [3.8, 4) is 0 Å². The second-order valence-corrected chi connectivity index (χ2v) is 7.18. The van der Waals surface area contributed by atoms with Crippen LogP contribution in [0.1, 0.15) is 34.1 Å². The van der Waals surface area contributed by atoms with E-state index < -0.39 is 17.4 Å². The molecule has 2 aromatic heterocycles. The van der Waals surface area contributed by atoms with Gasteiger partial charge in [-0.3, -0.25) is 14.3 Å². The summed E-state index contributed by atoms with van der Waals surface area (Å²) in [4.78, 5) is 30.9. The molecule has 0 fully saturated rings. The average Bonchev–Trinajstić information content (AvgIpc) is 2.89. The van der Waals surface area contributed by atoms with Crippen LogP contribution in [0.2, 0.25) is 0 Å². The number of rotatable bonds is 9. The van der Waals surface area contributed by atoms with Gasteiger partial charge in [-0.25, -0.2) is 4.79 Å². The SMILES string of the molecule is CC(C)CCNc1nc2c(c(=O)[nH]c(=O)n2C)n1C[C@H](O)COC(C)C. The lowest BCUT2D eigenvalue weighted by Gasteiger charge is -2.16. The molecule has 0 saturated heterocycles. The maximum Gasteiger partial charge on any atom is 0.329 e. The zero-order valence-corrected chi connectivity index (χ0v) is 16.1. The number of nitrogens with one attached hydrogen (secondary N) is 2. The minimum Gasteiger partial charge on any atom is -0.389 e. The molecule has 0 aromatic carbocycles. The third-order valence-corrected chi connectivity index (χ3v) is 4.03. The van der Waals surface area contributed by atoms with E-state index in [-0.39, 0.29) is 30.4 Å². The van der Waals surface area contributed by atoms with Gasteiger partial charge in [0.1, 0.15) is 0 Å². The molecule has 0 unspecified atom stereocenters. The second-order valence-electron chi connectivity index (χ2n) is 7.18. The minimum atomic E-state index is -0.808. The zero-order valence-electron chi connectivity index (χ0n) is 16.1. The Bertz CT molecular complexity index is 849. The highest BCUT2D eigenvalue weighted by molar-refractivity contribution is 5.74. The third-order valence-electron chi connectivity index (χ3n) is 4.03.